The lowest BCUT2D eigenvalue weighted by Crippen LogP contribution is -2.36. The van der Waals surface area contributed by atoms with Crippen molar-refractivity contribution in [3.05, 3.63) is 34.7 Å². The molecule has 0 spiro atoms. The van der Waals surface area contributed by atoms with Gasteiger partial charge >= 0.3 is 0 Å². The number of rotatable bonds is 5. The number of carbonyl (C=O) groups excluding carboxylic acids is 1. The first kappa shape index (κ1) is 19.3. The minimum Gasteiger partial charge on any atom is -0.378 e. The van der Waals surface area contributed by atoms with Gasteiger partial charge in [0.15, 0.2) is 0 Å². The number of nitrogens with one attached hydrogen (secondary N) is 1. The molecule has 28 heavy (non-hydrogen) atoms. The van der Waals surface area contributed by atoms with Gasteiger partial charge in [-0.1, -0.05) is 0 Å². The number of carbonyl (C=O) groups is 1. The number of nitrogens with zero attached hydrogens (tertiary/aromatic N) is 3. The van der Waals surface area contributed by atoms with E-state index in [1.807, 2.05) is 6.07 Å². The summed E-state index contributed by atoms with van der Waals surface area (Å²) in [6.45, 7) is 3.93. The molecule has 0 atom stereocenters. The lowest BCUT2D eigenvalue weighted by atomic mass is 10.3. The SMILES string of the molecule is O=C(Nc1ccc(N2CCOCC2)nc1)c1sccc1S(=O)(=O)N1CCCC1. The highest BCUT2D eigenvalue weighted by Crippen LogP contribution is 2.28. The summed E-state index contributed by atoms with van der Waals surface area (Å²) >= 11 is 1.13. The molecule has 2 aliphatic rings. The molecule has 2 aromatic heterocycles. The van der Waals surface area contributed by atoms with Crippen LogP contribution in [0.4, 0.5) is 11.5 Å². The van der Waals surface area contributed by atoms with Crippen molar-refractivity contribution in [1.82, 2.24) is 9.29 Å². The Morgan fingerprint density at radius 3 is 2.54 bits per heavy atom. The first-order valence-electron chi connectivity index (χ1n) is 9.23. The van der Waals surface area contributed by atoms with E-state index in [1.165, 1.54) is 10.4 Å². The van der Waals surface area contributed by atoms with Crippen LogP contribution >= 0.6 is 11.3 Å². The van der Waals surface area contributed by atoms with Gasteiger partial charge in [-0.15, -0.1) is 11.3 Å². The molecule has 2 saturated heterocycles. The molecular weight excluding hydrogens is 400 g/mol. The molecule has 8 nitrogen and oxygen atoms in total. The molecule has 0 saturated carbocycles. The van der Waals surface area contributed by atoms with Crippen LogP contribution in [0.25, 0.3) is 0 Å². The normalized spacial score (nSPS) is 18.4. The Hall–Kier alpha value is -2.01. The molecule has 2 fully saturated rings. The molecule has 150 valence electrons. The Morgan fingerprint density at radius 2 is 1.86 bits per heavy atom. The Bertz CT molecular complexity index is 931. The average molecular weight is 423 g/mol. The molecule has 1 amide bonds. The number of hydrogen-bond donors (Lipinski definition) is 1. The van der Waals surface area contributed by atoms with Crippen molar-refractivity contribution in [2.24, 2.45) is 0 Å². The largest absolute Gasteiger partial charge is 0.378 e. The summed E-state index contributed by atoms with van der Waals surface area (Å²) in [6, 6.07) is 5.13. The molecule has 10 heteroatoms. The number of morpholine rings is 1. The van der Waals surface area contributed by atoms with Gasteiger partial charge in [0, 0.05) is 26.2 Å². The quantitative estimate of drug-likeness (QED) is 0.793. The lowest BCUT2D eigenvalue weighted by Gasteiger charge is -2.27. The minimum atomic E-state index is -3.64. The first-order valence-corrected chi connectivity index (χ1v) is 11.6. The van der Waals surface area contributed by atoms with E-state index in [0.29, 0.717) is 32.0 Å². The second-order valence-corrected chi connectivity index (χ2v) is 9.51. The smallest absolute Gasteiger partial charge is 0.267 e. The molecule has 4 rings (SSSR count). The minimum absolute atomic E-state index is 0.0785. The van der Waals surface area contributed by atoms with E-state index in [9.17, 15) is 13.2 Å². The van der Waals surface area contributed by atoms with Gasteiger partial charge in [0.05, 0.1) is 25.1 Å². The second kappa shape index (κ2) is 8.16. The predicted molar refractivity (Wildman–Crippen MR) is 108 cm³/mol. The standard InChI is InChI=1S/C18H22N4O4S2/c23-18(17-15(5-12-27-17)28(24,25)22-6-1-2-7-22)20-14-3-4-16(19-13-14)21-8-10-26-11-9-21/h3-5,12-13H,1-2,6-11H2,(H,20,23). The van der Waals surface area contributed by atoms with Crippen LogP contribution in [0, 0.1) is 0 Å². The zero-order chi connectivity index (χ0) is 19.6. The maximum Gasteiger partial charge on any atom is 0.267 e. The van der Waals surface area contributed by atoms with Crippen LogP contribution in [0.5, 0.6) is 0 Å². The molecule has 4 heterocycles. The predicted octanol–water partition coefficient (Wildman–Crippen LogP) is 2.02. The lowest BCUT2D eigenvalue weighted by molar-refractivity contribution is 0.102. The van der Waals surface area contributed by atoms with Crippen molar-refractivity contribution < 1.29 is 17.9 Å². The van der Waals surface area contributed by atoms with E-state index in [0.717, 1.165) is 43.1 Å². The number of pyridine rings is 1. The molecule has 2 aromatic rings. The number of aromatic nitrogens is 1. The molecule has 0 aliphatic carbocycles. The van der Waals surface area contributed by atoms with E-state index in [2.05, 4.69) is 15.2 Å². The Kier molecular flexibility index (Phi) is 5.63. The van der Waals surface area contributed by atoms with Crippen LogP contribution in [-0.2, 0) is 14.8 Å². The molecule has 2 aliphatic heterocycles. The highest BCUT2D eigenvalue weighted by atomic mass is 32.2. The van der Waals surface area contributed by atoms with Gasteiger partial charge in [-0.05, 0) is 36.4 Å². The highest BCUT2D eigenvalue weighted by Gasteiger charge is 2.31. The van der Waals surface area contributed by atoms with Gasteiger partial charge in [0.1, 0.15) is 15.6 Å². The van der Waals surface area contributed by atoms with Crippen LogP contribution in [0.3, 0.4) is 0 Å². The average Bonchev–Trinajstić information content (AvgIpc) is 3.42. The Balaban J connectivity index is 1.48. The molecule has 0 unspecified atom stereocenters. The number of ether oxygens (including phenoxy) is 1. The summed E-state index contributed by atoms with van der Waals surface area (Å²) < 4.78 is 32.4. The number of sulfonamides is 1. The van der Waals surface area contributed by atoms with E-state index in [4.69, 9.17) is 4.74 Å². The topological polar surface area (TPSA) is 91.8 Å². The molecule has 0 radical (unpaired) electrons. The summed E-state index contributed by atoms with van der Waals surface area (Å²) in [4.78, 5) is 19.5. The van der Waals surface area contributed by atoms with Gasteiger partial charge < -0.3 is 15.0 Å². The van der Waals surface area contributed by atoms with E-state index >= 15 is 0 Å². The van der Waals surface area contributed by atoms with Crippen LogP contribution in [0.1, 0.15) is 22.5 Å². The van der Waals surface area contributed by atoms with Crippen molar-refractivity contribution in [3.63, 3.8) is 0 Å². The van der Waals surface area contributed by atoms with E-state index < -0.39 is 15.9 Å². The van der Waals surface area contributed by atoms with Gasteiger partial charge in [0.25, 0.3) is 5.91 Å². The third-order valence-corrected chi connectivity index (χ3v) is 7.84. The molecular formula is C18H22N4O4S2. The van der Waals surface area contributed by atoms with Crippen LogP contribution in [-0.4, -0.2) is 63.0 Å². The van der Waals surface area contributed by atoms with Gasteiger partial charge in [0.2, 0.25) is 10.0 Å². The summed E-state index contributed by atoms with van der Waals surface area (Å²) in [5, 5.41) is 4.40. The maximum absolute atomic E-state index is 12.8. The summed E-state index contributed by atoms with van der Waals surface area (Å²) in [5.41, 5.74) is 0.528. The van der Waals surface area contributed by atoms with Crippen molar-refractivity contribution in [3.8, 4) is 0 Å². The fourth-order valence-corrected chi connectivity index (χ4v) is 6.17. The van der Waals surface area contributed by atoms with Gasteiger partial charge in [-0.25, -0.2) is 13.4 Å². The second-order valence-electron chi connectivity index (χ2n) is 6.68. The Morgan fingerprint density at radius 1 is 1.11 bits per heavy atom. The monoisotopic (exact) mass is 422 g/mol. The van der Waals surface area contributed by atoms with Crippen molar-refractivity contribution in [2.75, 3.05) is 49.6 Å². The molecule has 0 aromatic carbocycles. The maximum atomic E-state index is 12.8. The fourth-order valence-electron chi connectivity index (χ4n) is 3.36. The van der Waals surface area contributed by atoms with Crippen LogP contribution < -0.4 is 10.2 Å². The Labute approximate surface area is 168 Å². The zero-order valence-electron chi connectivity index (χ0n) is 15.3. The number of amides is 1. The van der Waals surface area contributed by atoms with Gasteiger partial charge in [-0.2, -0.15) is 4.31 Å². The van der Waals surface area contributed by atoms with E-state index in [1.54, 1.807) is 17.6 Å². The summed E-state index contributed by atoms with van der Waals surface area (Å²) in [5.74, 6) is 0.392. The van der Waals surface area contributed by atoms with Crippen molar-refractivity contribution in [1.29, 1.82) is 0 Å². The van der Waals surface area contributed by atoms with Crippen molar-refractivity contribution >= 4 is 38.8 Å². The van der Waals surface area contributed by atoms with Crippen LogP contribution in [0.2, 0.25) is 0 Å². The van der Waals surface area contributed by atoms with Crippen molar-refractivity contribution in [2.45, 2.75) is 17.7 Å². The fraction of sp³-hybridized carbons (Fsp3) is 0.444. The highest BCUT2D eigenvalue weighted by molar-refractivity contribution is 7.89. The number of thiophene rings is 1. The third kappa shape index (κ3) is 3.90. The molecule has 0 bridgehead atoms. The number of anilines is 2. The zero-order valence-corrected chi connectivity index (χ0v) is 17.0. The first-order chi connectivity index (χ1) is 13.6. The number of hydrogen-bond acceptors (Lipinski definition) is 7. The van der Waals surface area contributed by atoms with E-state index in [-0.39, 0.29) is 9.77 Å². The van der Waals surface area contributed by atoms with Gasteiger partial charge in [-0.3, -0.25) is 4.79 Å². The van der Waals surface area contributed by atoms with Crippen LogP contribution in [0.15, 0.2) is 34.7 Å². The summed E-state index contributed by atoms with van der Waals surface area (Å²) in [7, 11) is -3.64. The molecule has 1 N–H and O–H groups in total. The third-order valence-electron chi connectivity index (χ3n) is 4.86. The summed E-state index contributed by atoms with van der Waals surface area (Å²) in [6.07, 6.45) is 3.29.